The summed E-state index contributed by atoms with van der Waals surface area (Å²) in [4.78, 5) is 13.4. The molecule has 3 nitrogen and oxygen atoms in total. The number of hydrogen-bond acceptors (Lipinski definition) is 2. The molecule has 1 aliphatic carbocycles. The highest BCUT2D eigenvalue weighted by Crippen LogP contribution is 2.27. The van der Waals surface area contributed by atoms with Gasteiger partial charge < -0.3 is 4.90 Å². The Balaban J connectivity index is 2.15. The fourth-order valence-corrected chi connectivity index (χ4v) is 2.34. The predicted octanol–water partition coefficient (Wildman–Crippen LogP) is 2.72. The molecule has 0 heterocycles. The first kappa shape index (κ1) is 13.0. The zero-order valence-corrected chi connectivity index (χ0v) is 10.2. The number of nitriles is 1. The molecule has 0 aromatic heterocycles. The molecule has 1 saturated carbocycles. The van der Waals surface area contributed by atoms with Gasteiger partial charge in [0.05, 0.1) is 12.5 Å². The molecule has 1 aliphatic rings. The van der Waals surface area contributed by atoms with Crippen LogP contribution in [-0.2, 0) is 4.79 Å². The first-order valence-corrected chi connectivity index (χ1v) is 6.35. The molecule has 0 saturated heterocycles. The lowest BCUT2D eigenvalue weighted by Crippen LogP contribution is -2.27. The van der Waals surface area contributed by atoms with E-state index in [2.05, 4.69) is 6.07 Å². The lowest BCUT2D eigenvalue weighted by Gasteiger charge is -2.22. The van der Waals surface area contributed by atoms with E-state index in [1.54, 1.807) is 11.9 Å². The Kier molecular flexibility index (Phi) is 5.92. The number of carbonyl (C=O) groups excluding carboxylic acids is 1. The molecule has 3 heteroatoms. The highest BCUT2D eigenvalue weighted by molar-refractivity contribution is 5.75. The Hall–Kier alpha value is -1.04. The first-order chi connectivity index (χ1) is 7.74. The minimum Gasteiger partial charge on any atom is -0.345 e. The van der Waals surface area contributed by atoms with Crippen LogP contribution in [0.15, 0.2) is 0 Å². The number of rotatable bonds is 5. The molecule has 0 aliphatic heterocycles. The Morgan fingerprint density at radius 1 is 1.38 bits per heavy atom. The molecule has 0 bridgehead atoms. The second kappa shape index (κ2) is 7.27. The lowest BCUT2D eigenvalue weighted by molar-refractivity contribution is -0.130. The fourth-order valence-electron chi connectivity index (χ4n) is 2.34. The molecular formula is C13H22N2O. The minimum absolute atomic E-state index is 0.195. The van der Waals surface area contributed by atoms with E-state index < -0.39 is 0 Å². The maximum Gasteiger partial charge on any atom is 0.222 e. The number of hydrogen-bond donors (Lipinski definition) is 0. The predicted molar refractivity (Wildman–Crippen MR) is 63.7 cm³/mol. The van der Waals surface area contributed by atoms with Gasteiger partial charge >= 0.3 is 0 Å². The molecule has 0 aromatic rings. The van der Waals surface area contributed by atoms with Crippen LogP contribution < -0.4 is 0 Å². The Bertz CT molecular complexity index is 251. The maximum absolute atomic E-state index is 11.7. The van der Waals surface area contributed by atoms with Gasteiger partial charge in [-0.25, -0.2) is 0 Å². The van der Waals surface area contributed by atoms with E-state index in [-0.39, 0.29) is 5.91 Å². The van der Waals surface area contributed by atoms with E-state index >= 15 is 0 Å². The molecule has 0 unspecified atom stereocenters. The molecule has 0 spiro atoms. The third kappa shape index (κ3) is 4.65. The summed E-state index contributed by atoms with van der Waals surface area (Å²) in [5.74, 6) is 0.961. The van der Waals surface area contributed by atoms with Crippen LogP contribution >= 0.6 is 0 Å². The van der Waals surface area contributed by atoms with E-state index in [0.717, 1.165) is 12.3 Å². The summed E-state index contributed by atoms with van der Waals surface area (Å²) in [6.07, 6.45) is 8.77. The minimum atomic E-state index is 0.195. The lowest BCUT2D eigenvalue weighted by atomic mass is 9.86. The van der Waals surface area contributed by atoms with Crippen molar-refractivity contribution in [2.24, 2.45) is 5.92 Å². The van der Waals surface area contributed by atoms with Crippen LogP contribution in [0.4, 0.5) is 0 Å². The summed E-state index contributed by atoms with van der Waals surface area (Å²) in [5.41, 5.74) is 0. The third-order valence-electron chi connectivity index (χ3n) is 3.48. The van der Waals surface area contributed by atoms with Crippen LogP contribution in [0.5, 0.6) is 0 Å². The topological polar surface area (TPSA) is 44.1 Å². The van der Waals surface area contributed by atoms with Gasteiger partial charge in [0, 0.05) is 20.0 Å². The zero-order valence-electron chi connectivity index (χ0n) is 10.2. The highest BCUT2D eigenvalue weighted by atomic mass is 16.2. The van der Waals surface area contributed by atoms with E-state index in [1.807, 2.05) is 0 Å². The van der Waals surface area contributed by atoms with Crippen molar-refractivity contribution in [2.75, 3.05) is 13.6 Å². The van der Waals surface area contributed by atoms with Gasteiger partial charge in [-0.1, -0.05) is 32.1 Å². The van der Waals surface area contributed by atoms with Crippen molar-refractivity contribution >= 4 is 5.91 Å². The van der Waals surface area contributed by atoms with Crippen molar-refractivity contribution in [3.05, 3.63) is 0 Å². The molecule has 0 N–H and O–H groups in total. The second-order valence-corrected chi connectivity index (χ2v) is 4.77. The maximum atomic E-state index is 11.7. The standard InChI is InChI=1S/C13H22N2O/c1-15(11-5-10-14)13(16)9-8-12-6-3-2-4-7-12/h12H,2-9,11H2,1H3. The smallest absolute Gasteiger partial charge is 0.222 e. The molecule has 1 rings (SSSR count). The van der Waals surface area contributed by atoms with Crippen LogP contribution in [0.3, 0.4) is 0 Å². The molecule has 0 radical (unpaired) electrons. The van der Waals surface area contributed by atoms with Crippen LogP contribution in [0, 0.1) is 17.2 Å². The number of nitrogens with zero attached hydrogens (tertiary/aromatic N) is 2. The molecular weight excluding hydrogens is 200 g/mol. The van der Waals surface area contributed by atoms with Crippen LogP contribution in [0.2, 0.25) is 0 Å². The summed E-state index contributed by atoms with van der Waals surface area (Å²) >= 11 is 0. The molecule has 90 valence electrons. The largest absolute Gasteiger partial charge is 0.345 e. The molecule has 16 heavy (non-hydrogen) atoms. The van der Waals surface area contributed by atoms with Gasteiger partial charge in [-0.2, -0.15) is 5.26 Å². The molecule has 0 aromatic carbocycles. The van der Waals surface area contributed by atoms with Crippen molar-refractivity contribution in [2.45, 2.75) is 51.4 Å². The fraction of sp³-hybridized carbons (Fsp3) is 0.846. The van der Waals surface area contributed by atoms with Gasteiger partial charge in [0.25, 0.3) is 0 Å². The van der Waals surface area contributed by atoms with Gasteiger partial charge in [0.1, 0.15) is 0 Å². The van der Waals surface area contributed by atoms with Gasteiger partial charge in [0.15, 0.2) is 0 Å². The van der Waals surface area contributed by atoms with E-state index in [1.165, 1.54) is 32.1 Å². The average Bonchev–Trinajstić information content (AvgIpc) is 2.34. The quantitative estimate of drug-likeness (QED) is 0.718. The van der Waals surface area contributed by atoms with Gasteiger partial charge in [-0.3, -0.25) is 4.79 Å². The third-order valence-corrected chi connectivity index (χ3v) is 3.48. The molecule has 1 fully saturated rings. The van der Waals surface area contributed by atoms with Crippen molar-refractivity contribution in [3.63, 3.8) is 0 Å². The van der Waals surface area contributed by atoms with Gasteiger partial charge in [0.2, 0.25) is 5.91 Å². The summed E-state index contributed by atoms with van der Waals surface area (Å²) in [6.45, 7) is 0.569. The number of amides is 1. The summed E-state index contributed by atoms with van der Waals surface area (Å²) in [5, 5.41) is 8.44. The average molecular weight is 222 g/mol. The summed E-state index contributed by atoms with van der Waals surface area (Å²) in [7, 11) is 1.79. The van der Waals surface area contributed by atoms with Crippen LogP contribution in [0.25, 0.3) is 0 Å². The number of carbonyl (C=O) groups is 1. The monoisotopic (exact) mass is 222 g/mol. The van der Waals surface area contributed by atoms with Crippen molar-refractivity contribution < 1.29 is 4.79 Å². The molecule has 1 amide bonds. The Morgan fingerprint density at radius 2 is 2.06 bits per heavy atom. The van der Waals surface area contributed by atoms with Crippen LogP contribution in [0.1, 0.15) is 51.4 Å². The Labute approximate surface area is 98.4 Å². The molecule has 0 atom stereocenters. The normalized spacial score (nSPS) is 16.8. The van der Waals surface area contributed by atoms with E-state index in [0.29, 0.717) is 19.4 Å². The summed E-state index contributed by atoms with van der Waals surface area (Å²) < 4.78 is 0. The first-order valence-electron chi connectivity index (χ1n) is 6.35. The van der Waals surface area contributed by atoms with Gasteiger partial charge in [-0.15, -0.1) is 0 Å². The second-order valence-electron chi connectivity index (χ2n) is 4.77. The SMILES string of the molecule is CN(CCC#N)C(=O)CCC1CCCCC1. The van der Waals surface area contributed by atoms with Crippen molar-refractivity contribution in [1.82, 2.24) is 4.90 Å². The van der Waals surface area contributed by atoms with Crippen molar-refractivity contribution in [3.8, 4) is 6.07 Å². The van der Waals surface area contributed by atoms with Crippen molar-refractivity contribution in [1.29, 1.82) is 5.26 Å². The zero-order chi connectivity index (χ0) is 11.8. The van der Waals surface area contributed by atoms with Crippen LogP contribution in [-0.4, -0.2) is 24.4 Å². The van der Waals surface area contributed by atoms with E-state index in [4.69, 9.17) is 5.26 Å². The highest BCUT2D eigenvalue weighted by Gasteiger charge is 2.16. The van der Waals surface area contributed by atoms with Gasteiger partial charge in [-0.05, 0) is 12.3 Å². The Morgan fingerprint density at radius 3 is 2.69 bits per heavy atom. The van der Waals surface area contributed by atoms with E-state index in [9.17, 15) is 4.79 Å². The summed E-state index contributed by atoms with van der Waals surface area (Å²) in [6, 6.07) is 2.07.